The van der Waals surface area contributed by atoms with Crippen molar-refractivity contribution >= 4 is 5.96 Å². The third-order valence-electron chi connectivity index (χ3n) is 5.95. The van der Waals surface area contributed by atoms with Gasteiger partial charge >= 0.3 is 0 Å². The smallest absolute Gasteiger partial charge is 0.191 e. The predicted octanol–water partition coefficient (Wildman–Crippen LogP) is 1.75. The van der Waals surface area contributed by atoms with Gasteiger partial charge in [-0.3, -0.25) is 9.98 Å². The highest BCUT2D eigenvalue weighted by Gasteiger charge is 2.66. The van der Waals surface area contributed by atoms with Crippen molar-refractivity contribution in [3.63, 3.8) is 0 Å². The summed E-state index contributed by atoms with van der Waals surface area (Å²) in [5, 5.41) is 7.13. The third kappa shape index (κ3) is 2.51. The quantitative estimate of drug-likeness (QED) is 0.657. The molecule has 2 saturated carbocycles. The third-order valence-corrected chi connectivity index (χ3v) is 5.95. The first kappa shape index (κ1) is 14.9. The summed E-state index contributed by atoms with van der Waals surface area (Å²) >= 11 is 0. The minimum Gasteiger partial charge on any atom is -0.377 e. The van der Waals surface area contributed by atoms with E-state index < -0.39 is 0 Å². The number of fused-ring (bicyclic) bond motifs is 2. The SMILES string of the molecule is CN=C(NCCc1ccccn1)NC1C2CCOC2C12CCC2. The largest absolute Gasteiger partial charge is 0.377 e. The lowest BCUT2D eigenvalue weighted by Crippen LogP contribution is -2.72. The van der Waals surface area contributed by atoms with Gasteiger partial charge in [0.2, 0.25) is 0 Å². The molecule has 1 aliphatic heterocycles. The van der Waals surface area contributed by atoms with E-state index in [1.54, 1.807) is 0 Å². The van der Waals surface area contributed by atoms with Gasteiger partial charge in [-0.2, -0.15) is 0 Å². The Bertz CT molecular complexity index is 570. The molecule has 1 spiro atoms. The average Bonchev–Trinajstić information content (AvgIpc) is 2.95. The first-order valence-electron chi connectivity index (χ1n) is 8.82. The second kappa shape index (κ2) is 6.11. The fraction of sp³-hybridized carbons (Fsp3) is 0.667. The zero-order valence-electron chi connectivity index (χ0n) is 13.8. The molecule has 3 atom stereocenters. The van der Waals surface area contributed by atoms with E-state index >= 15 is 0 Å². The number of nitrogens with zero attached hydrogens (tertiary/aromatic N) is 2. The highest BCUT2D eigenvalue weighted by atomic mass is 16.5. The summed E-state index contributed by atoms with van der Waals surface area (Å²) in [6.45, 7) is 1.78. The summed E-state index contributed by atoms with van der Waals surface area (Å²) in [5.41, 5.74) is 1.50. The number of hydrogen-bond acceptors (Lipinski definition) is 3. The van der Waals surface area contributed by atoms with E-state index in [4.69, 9.17) is 4.74 Å². The zero-order chi connectivity index (χ0) is 15.7. The number of aliphatic imine (C=N–C) groups is 1. The Hall–Kier alpha value is -1.62. The highest BCUT2D eigenvalue weighted by Crippen LogP contribution is 2.62. The Morgan fingerprint density at radius 2 is 2.35 bits per heavy atom. The van der Waals surface area contributed by atoms with E-state index in [2.05, 4.69) is 26.7 Å². The van der Waals surface area contributed by atoms with Crippen LogP contribution in [0.2, 0.25) is 0 Å². The van der Waals surface area contributed by atoms with Crippen molar-refractivity contribution in [2.45, 2.75) is 44.2 Å². The van der Waals surface area contributed by atoms with Crippen molar-refractivity contribution in [2.75, 3.05) is 20.2 Å². The first-order valence-corrected chi connectivity index (χ1v) is 8.82. The van der Waals surface area contributed by atoms with Crippen LogP contribution in [0.1, 0.15) is 31.4 Å². The summed E-state index contributed by atoms with van der Waals surface area (Å²) in [6.07, 6.45) is 8.39. The minimum atomic E-state index is 0.389. The molecule has 0 bridgehead atoms. The van der Waals surface area contributed by atoms with Gasteiger partial charge in [0.15, 0.2) is 5.96 Å². The standard InChI is InChI=1S/C18H26N4O/c1-19-17(21-11-6-13-5-2-3-10-20-13)22-15-14-7-12-23-16(14)18(15)8-4-9-18/h2-3,5,10,14-16H,4,6-9,11-12H2,1H3,(H2,19,21,22). The van der Waals surface area contributed by atoms with Crippen LogP contribution < -0.4 is 10.6 Å². The molecule has 0 amide bonds. The molecule has 3 fully saturated rings. The molecule has 124 valence electrons. The number of aromatic nitrogens is 1. The Morgan fingerprint density at radius 1 is 1.43 bits per heavy atom. The number of nitrogens with one attached hydrogen (secondary N) is 2. The summed E-state index contributed by atoms with van der Waals surface area (Å²) in [6, 6.07) is 6.58. The molecule has 23 heavy (non-hydrogen) atoms. The fourth-order valence-corrected chi connectivity index (χ4v) is 4.65. The molecule has 5 heteroatoms. The van der Waals surface area contributed by atoms with E-state index in [1.807, 2.05) is 25.4 Å². The van der Waals surface area contributed by atoms with Crippen LogP contribution in [-0.4, -0.2) is 43.3 Å². The topological polar surface area (TPSA) is 58.5 Å². The zero-order valence-corrected chi connectivity index (χ0v) is 13.8. The summed E-state index contributed by atoms with van der Waals surface area (Å²) < 4.78 is 5.99. The molecule has 4 rings (SSSR count). The van der Waals surface area contributed by atoms with Crippen molar-refractivity contribution < 1.29 is 4.74 Å². The van der Waals surface area contributed by atoms with Crippen LogP contribution in [0.3, 0.4) is 0 Å². The van der Waals surface area contributed by atoms with Crippen molar-refractivity contribution in [3.8, 4) is 0 Å². The van der Waals surface area contributed by atoms with Gasteiger partial charge < -0.3 is 15.4 Å². The fourth-order valence-electron chi connectivity index (χ4n) is 4.65. The lowest BCUT2D eigenvalue weighted by atomic mass is 9.46. The number of pyridine rings is 1. The van der Waals surface area contributed by atoms with E-state index in [0.717, 1.165) is 31.2 Å². The van der Waals surface area contributed by atoms with Gasteiger partial charge in [-0.1, -0.05) is 12.5 Å². The Balaban J connectivity index is 1.32. The maximum Gasteiger partial charge on any atom is 0.191 e. The van der Waals surface area contributed by atoms with Gasteiger partial charge in [0.05, 0.1) is 6.10 Å². The van der Waals surface area contributed by atoms with Crippen LogP contribution >= 0.6 is 0 Å². The predicted molar refractivity (Wildman–Crippen MR) is 90.4 cm³/mol. The van der Waals surface area contributed by atoms with E-state index in [0.29, 0.717) is 23.5 Å². The monoisotopic (exact) mass is 314 g/mol. The Morgan fingerprint density at radius 3 is 3.04 bits per heavy atom. The highest BCUT2D eigenvalue weighted by molar-refractivity contribution is 5.80. The van der Waals surface area contributed by atoms with Crippen LogP contribution in [-0.2, 0) is 11.2 Å². The lowest BCUT2D eigenvalue weighted by Gasteiger charge is -2.63. The maximum absolute atomic E-state index is 5.99. The van der Waals surface area contributed by atoms with Gasteiger partial charge in [0.1, 0.15) is 0 Å². The molecule has 3 aliphatic rings. The normalized spacial score (nSPS) is 31.2. The summed E-state index contributed by atoms with van der Waals surface area (Å²) in [5.74, 6) is 1.59. The molecule has 3 unspecified atom stereocenters. The van der Waals surface area contributed by atoms with Crippen LogP contribution in [0.4, 0.5) is 0 Å². The van der Waals surface area contributed by atoms with Crippen LogP contribution in [0, 0.1) is 11.3 Å². The maximum atomic E-state index is 5.99. The van der Waals surface area contributed by atoms with E-state index in [-0.39, 0.29) is 0 Å². The Labute approximate surface area is 137 Å². The average molecular weight is 314 g/mol. The van der Waals surface area contributed by atoms with E-state index in [1.165, 1.54) is 25.7 Å². The molecule has 0 aromatic carbocycles. The molecule has 1 aromatic rings. The van der Waals surface area contributed by atoms with Gasteiger partial charge in [0.25, 0.3) is 0 Å². The van der Waals surface area contributed by atoms with Gasteiger partial charge in [-0.15, -0.1) is 0 Å². The molecule has 1 saturated heterocycles. The molecule has 2 heterocycles. The van der Waals surface area contributed by atoms with Gasteiger partial charge in [0, 0.05) is 55.9 Å². The van der Waals surface area contributed by atoms with Crippen LogP contribution in [0.15, 0.2) is 29.4 Å². The second-order valence-electron chi connectivity index (χ2n) is 7.02. The molecule has 2 aliphatic carbocycles. The number of guanidine groups is 1. The van der Waals surface area contributed by atoms with Crippen molar-refractivity contribution in [3.05, 3.63) is 30.1 Å². The second-order valence-corrected chi connectivity index (χ2v) is 7.02. The molecular weight excluding hydrogens is 288 g/mol. The number of hydrogen-bond donors (Lipinski definition) is 2. The summed E-state index contributed by atoms with van der Waals surface area (Å²) in [7, 11) is 1.85. The lowest BCUT2D eigenvalue weighted by molar-refractivity contribution is -0.171. The molecule has 1 aromatic heterocycles. The van der Waals surface area contributed by atoms with Crippen molar-refractivity contribution in [1.82, 2.24) is 15.6 Å². The van der Waals surface area contributed by atoms with Crippen LogP contribution in [0.5, 0.6) is 0 Å². The molecular formula is C18H26N4O. The summed E-state index contributed by atoms with van der Waals surface area (Å²) in [4.78, 5) is 8.77. The number of ether oxygens (including phenoxy) is 1. The van der Waals surface area contributed by atoms with E-state index in [9.17, 15) is 0 Å². The van der Waals surface area contributed by atoms with Gasteiger partial charge in [-0.05, 0) is 31.4 Å². The van der Waals surface area contributed by atoms with Gasteiger partial charge in [-0.25, -0.2) is 0 Å². The molecule has 2 N–H and O–H groups in total. The van der Waals surface area contributed by atoms with Crippen molar-refractivity contribution in [1.29, 1.82) is 0 Å². The van der Waals surface area contributed by atoms with Crippen LogP contribution in [0.25, 0.3) is 0 Å². The van der Waals surface area contributed by atoms with Crippen molar-refractivity contribution in [2.24, 2.45) is 16.3 Å². The molecule has 5 nitrogen and oxygen atoms in total. The molecule has 0 radical (unpaired) electrons. The number of rotatable bonds is 4. The first-order chi connectivity index (χ1) is 11.3. The Kier molecular flexibility index (Phi) is 3.97. The minimum absolute atomic E-state index is 0.389.